The van der Waals surface area contributed by atoms with Crippen LogP contribution in [0, 0.1) is 35.5 Å². The van der Waals surface area contributed by atoms with Crippen LogP contribution in [0.15, 0.2) is 30.3 Å². The van der Waals surface area contributed by atoms with Crippen molar-refractivity contribution in [2.45, 2.75) is 314 Å². The molecular weight excluding hydrogens is 1800 g/mol. The lowest BCUT2D eigenvalue weighted by Crippen LogP contribution is -2.63. The van der Waals surface area contributed by atoms with Crippen molar-refractivity contribution >= 4 is 124 Å². The number of nitrogens with zero attached hydrogens (tertiary/aromatic N) is 4. The quantitative estimate of drug-likeness (QED) is 0.0288. The molecule has 20 amide bonds. The van der Waals surface area contributed by atoms with Gasteiger partial charge in [0.1, 0.15) is 103 Å². The van der Waals surface area contributed by atoms with Crippen LogP contribution in [0.1, 0.15) is 198 Å². The fourth-order valence-corrected chi connectivity index (χ4v) is 17.2. The minimum Gasteiger partial charge on any atom is -0.480 e. The minimum atomic E-state index is -1.88. The van der Waals surface area contributed by atoms with E-state index in [0.29, 0.717) is 37.8 Å². The van der Waals surface area contributed by atoms with E-state index in [-0.39, 0.29) is 95.8 Å². The lowest BCUT2D eigenvalue weighted by atomic mass is 9.96. The number of aliphatic hydroxyl groups is 4. The number of amides is 20. The van der Waals surface area contributed by atoms with Gasteiger partial charge in [0.2, 0.25) is 118 Å². The average molecular weight is 1950 g/mol. The molecule has 0 spiro atoms. The summed E-state index contributed by atoms with van der Waals surface area (Å²) in [5, 5.41) is 90.7. The zero-order chi connectivity index (χ0) is 103. The van der Waals surface area contributed by atoms with Gasteiger partial charge in [0.25, 0.3) is 0 Å². The van der Waals surface area contributed by atoms with E-state index in [0.717, 1.165) is 11.3 Å². The monoisotopic (exact) mass is 1950 g/mol. The number of benzene rings is 1. The predicted molar refractivity (Wildman–Crippen MR) is 494 cm³/mol. The topological polar surface area (TPSA) is 705 Å². The second-order valence-electron chi connectivity index (χ2n) is 38.0. The molecule has 0 bridgehead atoms. The zero-order valence-electron chi connectivity index (χ0n) is 81.0. The first-order valence-electron chi connectivity index (χ1n) is 47.6. The molecule has 0 radical (unpaired) electrons. The maximum Gasteiger partial charge on any atom is 0.326 e. The third kappa shape index (κ3) is 33.3. The molecule has 0 aromatic heterocycles. The zero-order valence-corrected chi connectivity index (χ0v) is 81.0. The van der Waals surface area contributed by atoms with Gasteiger partial charge >= 0.3 is 5.97 Å². The fraction of sp³-hybridized carbons (Fsp3) is 0.703. The number of hydrogen-bond donors (Lipinski definition) is 22. The second kappa shape index (κ2) is 54.9. The summed E-state index contributed by atoms with van der Waals surface area (Å²) in [5.41, 5.74) is 11.0. The molecule has 770 valence electrons. The van der Waals surface area contributed by atoms with Crippen molar-refractivity contribution in [1.82, 2.24) is 99.4 Å². The Balaban J connectivity index is 1.05. The van der Waals surface area contributed by atoms with Crippen LogP contribution < -0.4 is 91.2 Å². The van der Waals surface area contributed by atoms with Crippen LogP contribution in [0.3, 0.4) is 0 Å². The second-order valence-corrected chi connectivity index (χ2v) is 38.0. The van der Waals surface area contributed by atoms with Gasteiger partial charge in [-0.05, 0) is 138 Å². The number of aliphatic hydroxyl groups excluding tert-OH is 4. The smallest absolute Gasteiger partial charge is 0.326 e. The van der Waals surface area contributed by atoms with Crippen molar-refractivity contribution < 1.29 is 126 Å². The van der Waals surface area contributed by atoms with Gasteiger partial charge < -0.3 is 136 Å². The lowest BCUT2D eigenvalue weighted by Gasteiger charge is -2.32. The Labute approximate surface area is 802 Å². The summed E-state index contributed by atoms with van der Waals surface area (Å²) in [7, 11) is 0. The number of carboxylic acids is 1. The Kier molecular flexibility index (Phi) is 45.6. The van der Waals surface area contributed by atoms with E-state index >= 15 is 0 Å². The molecular formula is C91H145N21O26. The highest BCUT2D eigenvalue weighted by Gasteiger charge is 2.47. The van der Waals surface area contributed by atoms with Crippen molar-refractivity contribution in [2.75, 3.05) is 59.1 Å². The van der Waals surface area contributed by atoms with Crippen LogP contribution in [-0.4, -0.2) is 343 Å². The van der Waals surface area contributed by atoms with E-state index in [1.54, 1.807) is 113 Å². The summed E-state index contributed by atoms with van der Waals surface area (Å²) in [6, 6.07) is -17.0. The fourth-order valence-electron chi connectivity index (χ4n) is 17.2. The SMILES string of the molecule is CC[C@H](C)[C@H](NC(=O)[C@@H]1CCCN1C(=O)CNC(=O)[C@@H]1CCCN1C(=O)[C@H](CC(C)C)NC(=O)[C@@H](NC(=O)[C@@H](NC(=O)[C@@H](NC(=O)[C@@H](NC(=O)[C@@H]1CCCN1C(=O)[C@H](CO)NC(=O)[C@@H]1CCCN1)C(C)C)C(C)C)C(C)C)[C@@H](C)O)C(=O)N[C@@H](CC(C)C)C(=O)N[C@@H](CO)C(=O)N[C@@H](CO)C(=O)N[C@@H](Cc1ccccc1)C(=O)N1CCC[C@H]1C(=O)N[C@@H](CCC(N)=O)C(=O)N[C@@H](CC(N)=O)C(=O)O. The molecule has 5 aliphatic heterocycles. The molecule has 5 aliphatic rings. The number of carboxylic acid groups (broad SMARTS) is 1. The van der Waals surface area contributed by atoms with Crippen LogP contribution in [0.4, 0.5) is 0 Å². The van der Waals surface area contributed by atoms with Gasteiger partial charge in [-0.3, -0.25) is 95.9 Å². The summed E-state index contributed by atoms with van der Waals surface area (Å²) < 4.78 is 0. The first kappa shape index (κ1) is 115. The predicted octanol–water partition coefficient (Wildman–Crippen LogP) is -6.95. The lowest BCUT2D eigenvalue weighted by molar-refractivity contribution is -0.144. The molecule has 0 aliphatic carbocycles. The summed E-state index contributed by atoms with van der Waals surface area (Å²) >= 11 is 0. The molecule has 1 aromatic carbocycles. The molecule has 5 fully saturated rings. The van der Waals surface area contributed by atoms with Gasteiger partial charge in [0.15, 0.2) is 0 Å². The van der Waals surface area contributed by atoms with Crippen LogP contribution in [-0.2, 0) is 107 Å². The first-order chi connectivity index (χ1) is 65.1. The summed E-state index contributed by atoms with van der Waals surface area (Å²) in [5.74, 6) is -22.2. The van der Waals surface area contributed by atoms with Gasteiger partial charge in [-0.2, -0.15) is 0 Å². The number of likely N-dealkylation sites (tertiary alicyclic amines) is 4. The highest BCUT2D eigenvalue weighted by molar-refractivity contribution is 6.03. The van der Waals surface area contributed by atoms with Gasteiger partial charge in [0, 0.05) is 39.0 Å². The molecule has 5 heterocycles. The Morgan fingerprint density at radius 1 is 0.391 bits per heavy atom. The first-order valence-corrected chi connectivity index (χ1v) is 47.6. The third-order valence-corrected chi connectivity index (χ3v) is 25.1. The molecule has 0 saturated carbocycles. The number of carbonyl (C=O) groups is 21. The Hall–Kier alpha value is -12.1. The number of nitrogens with one attached hydrogen (secondary N) is 15. The van der Waals surface area contributed by atoms with Crippen molar-refractivity contribution in [1.29, 1.82) is 0 Å². The van der Waals surface area contributed by atoms with E-state index in [2.05, 4.69) is 79.8 Å². The van der Waals surface area contributed by atoms with E-state index in [1.165, 1.54) is 21.6 Å². The van der Waals surface area contributed by atoms with Crippen molar-refractivity contribution in [3.8, 4) is 0 Å². The minimum absolute atomic E-state index is 0.00148. The number of aliphatic carboxylic acids is 1. The molecule has 47 heteroatoms. The summed E-state index contributed by atoms with van der Waals surface area (Å²) in [4.78, 5) is 295. The van der Waals surface area contributed by atoms with Gasteiger partial charge in [-0.15, -0.1) is 0 Å². The largest absolute Gasteiger partial charge is 0.480 e. The number of rotatable bonds is 53. The molecule has 6 rings (SSSR count). The number of nitrogens with two attached hydrogens (primary N) is 2. The molecule has 47 nitrogen and oxygen atoms in total. The van der Waals surface area contributed by atoms with Crippen molar-refractivity contribution in [3.63, 3.8) is 0 Å². The molecule has 138 heavy (non-hydrogen) atoms. The summed E-state index contributed by atoms with van der Waals surface area (Å²) in [6.07, 6.45) is -0.369. The molecule has 24 N–H and O–H groups in total. The Morgan fingerprint density at radius 3 is 1.21 bits per heavy atom. The third-order valence-electron chi connectivity index (χ3n) is 25.1. The summed E-state index contributed by atoms with van der Waals surface area (Å²) in [6.45, 7) is 18.4. The molecule has 1 aromatic rings. The van der Waals surface area contributed by atoms with Crippen molar-refractivity contribution in [3.05, 3.63) is 35.9 Å². The molecule has 20 atom stereocenters. The number of primary amides is 2. The highest BCUT2D eigenvalue weighted by atomic mass is 16.4. The average Bonchev–Trinajstić information content (AvgIpc) is 1.67. The van der Waals surface area contributed by atoms with E-state index in [9.17, 15) is 126 Å². The van der Waals surface area contributed by atoms with Gasteiger partial charge in [0.05, 0.1) is 44.9 Å². The Morgan fingerprint density at radius 2 is 0.768 bits per heavy atom. The molecule has 0 unspecified atom stereocenters. The van der Waals surface area contributed by atoms with Gasteiger partial charge in [-0.1, -0.05) is 120 Å². The van der Waals surface area contributed by atoms with Crippen LogP contribution in [0.5, 0.6) is 0 Å². The number of hydrogen-bond acceptors (Lipinski definition) is 26. The molecule has 5 saturated heterocycles. The standard InChI is InChI=1S/C91H145N21O26/c1-14-50(12)72(86(132)97-55(37-45(2)3)76(122)101-60(43-114)78(124)102-59(42-113)77(123)98-57(39-52-23-16-15-17-24-52)89(135)111-35-21-28-64(111)80(126)96-54(30-31-66(92)117)75(121)100-58(91(137)138)40-67(93)118)107-81(127)63-27-19-33-109(63)68(119)41-95-79(125)62-26-20-34-110(62)88(134)56(38-46(4)5)99-87(133)73(51(13)116)108-85(131)71(49(10)11)106-84(130)70(48(8)9)105-83(129)69(47(6)7)104-82(128)65-29-22-36-112(65)90(136)61(44-115)103-74(120)53-25-18-32-94-53/h15-17,23-24,45-51,53-65,69-73,94,113-116H,14,18-22,25-44H2,1-13H3,(H2,92,117)(H2,93,118)(H,95,125)(H,96,126)(H,97,132)(H,98,123)(H,99,133)(H,100,121)(H,101,122)(H,102,124)(H,103,120)(H,104,128)(H,105,129)(H,106,130)(H,107,127)(H,108,131)(H,137,138)/t50-,51+,53-,54-,55-,56-,57-,58-,59-,60-,61-,62-,63-,64-,65-,69-,70-,71-,72-,73-/m0/s1. The van der Waals surface area contributed by atoms with E-state index in [4.69, 9.17) is 11.5 Å². The van der Waals surface area contributed by atoms with E-state index < -0.39 is 308 Å². The highest BCUT2D eigenvalue weighted by Crippen LogP contribution is 2.27. The van der Waals surface area contributed by atoms with Gasteiger partial charge in [-0.25, -0.2) is 4.79 Å². The van der Waals surface area contributed by atoms with E-state index in [1.807, 2.05) is 0 Å². The normalized spacial score (nSPS) is 20.2. The maximum absolute atomic E-state index is 14.7. The van der Waals surface area contributed by atoms with Crippen LogP contribution in [0.2, 0.25) is 0 Å². The maximum atomic E-state index is 14.7. The Bertz CT molecular complexity index is 4460. The van der Waals surface area contributed by atoms with Crippen molar-refractivity contribution in [2.24, 2.45) is 47.0 Å². The van der Waals surface area contributed by atoms with Crippen LogP contribution >= 0.6 is 0 Å². The number of carbonyl (C=O) groups excluding carboxylic acids is 20. The van der Waals surface area contributed by atoms with Crippen LogP contribution in [0.25, 0.3) is 0 Å².